The second-order valence-corrected chi connectivity index (χ2v) is 8.73. The van der Waals surface area contributed by atoms with Crippen LogP contribution < -0.4 is 19.1 Å². The van der Waals surface area contributed by atoms with E-state index in [1.54, 1.807) is 18.2 Å². The van der Waals surface area contributed by atoms with Crippen LogP contribution in [0, 0.1) is 13.8 Å². The predicted molar refractivity (Wildman–Crippen MR) is 109 cm³/mol. The molecule has 0 unspecified atom stereocenters. The van der Waals surface area contributed by atoms with E-state index in [2.05, 4.69) is 5.32 Å². The van der Waals surface area contributed by atoms with Crippen molar-refractivity contribution in [2.75, 3.05) is 29.2 Å². The van der Waals surface area contributed by atoms with Crippen LogP contribution in [-0.2, 0) is 14.8 Å². The first-order valence-electron chi connectivity index (χ1n) is 8.98. The molecule has 7 nitrogen and oxygen atoms in total. The third-order valence-electron chi connectivity index (χ3n) is 4.60. The molecular formula is C20H24N2O5S. The van der Waals surface area contributed by atoms with Crippen LogP contribution in [0.3, 0.4) is 0 Å². The van der Waals surface area contributed by atoms with Crippen molar-refractivity contribution < 1.29 is 22.7 Å². The van der Waals surface area contributed by atoms with Gasteiger partial charge in [-0.2, -0.15) is 0 Å². The van der Waals surface area contributed by atoms with Gasteiger partial charge in [0.1, 0.15) is 0 Å². The monoisotopic (exact) mass is 404 g/mol. The van der Waals surface area contributed by atoms with Crippen molar-refractivity contribution >= 4 is 27.3 Å². The van der Waals surface area contributed by atoms with Crippen LogP contribution in [0.25, 0.3) is 0 Å². The van der Waals surface area contributed by atoms with Gasteiger partial charge < -0.3 is 14.8 Å². The van der Waals surface area contributed by atoms with Crippen LogP contribution in [0.4, 0.5) is 11.4 Å². The fourth-order valence-corrected chi connectivity index (χ4v) is 3.91. The Labute approximate surface area is 165 Å². The highest BCUT2D eigenvalue weighted by atomic mass is 32.2. The fourth-order valence-electron chi connectivity index (χ4n) is 2.95. The molecule has 8 heteroatoms. The van der Waals surface area contributed by atoms with E-state index in [0.29, 0.717) is 23.6 Å². The van der Waals surface area contributed by atoms with Gasteiger partial charge in [0.2, 0.25) is 22.7 Å². The van der Waals surface area contributed by atoms with Crippen molar-refractivity contribution in [3.8, 4) is 11.5 Å². The molecule has 0 bridgehead atoms. The number of sulfonamides is 1. The molecule has 150 valence electrons. The van der Waals surface area contributed by atoms with E-state index < -0.39 is 10.0 Å². The summed E-state index contributed by atoms with van der Waals surface area (Å²) in [6.07, 6.45) is 1.74. The molecule has 0 aromatic heterocycles. The van der Waals surface area contributed by atoms with E-state index in [-0.39, 0.29) is 25.7 Å². The first-order chi connectivity index (χ1) is 13.2. The van der Waals surface area contributed by atoms with Gasteiger partial charge in [-0.05, 0) is 55.7 Å². The molecule has 0 radical (unpaired) electrons. The van der Waals surface area contributed by atoms with Gasteiger partial charge in [0.15, 0.2) is 11.5 Å². The van der Waals surface area contributed by atoms with Crippen molar-refractivity contribution in [1.29, 1.82) is 0 Å². The number of carbonyl (C=O) groups excluding carboxylic acids is 1. The lowest BCUT2D eigenvalue weighted by Crippen LogP contribution is -2.31. The Bertz CT molecular complexity index is 988. The number of anilines is 2. The maximum atomic E-state index is 12.2. The van der Waals surface area contributed by atoms with Gasteiger partial charge >= 0.3 is 0 Å². The van der Waals surface area contributed by atoms with Crippen molar-refractivity contribution in [3.63, 3.8) is 0 Å². The molecule has 1 heterocycles. The van der Waals surface area contributed by atoms with Crippen LogP contribution in [-0.4, -0.2) is 33.9 Å². The van der Waals surface area contributed by atoms with E-state index in [1.165, 1.54) is 4.31 Å². The average Bonchev–Trinajstić information content (AvgIpc) is 3.08. The highest BCUT2D eigenvalue weighted by Gasteiger charge is 2.21. The second-order valence-electron chi connectivity index (χ2n) is 6.82. The van der Waals surface area contributed by atoms with Gasteiger partial charge in [-0.3, -0.25) is 9.10 Å². The van der Waals surface area contributed by atoms with E-state index >= 15 is 0 Å². The third kappa shape index (κ3) is 4.75. The minimum Gasteiger partial charge on any atom is -0.454 e. The minimum atomic E-state index is -3.50. The zero-order valence-electron chi connectivity index (χ0n) is 16.2. The molecule has 0 fully saturated rings. The molecule has 1 amide bonds. The summed E-state index contributed by atoms with van der Waals surface area (Å²) >= 11 is 0. The zero-order chi connectivity index (χ0) is 20.3. The maximum Gasteiger partial charge on any atom is 0.232 e. The molecule has 2 aromatic rings. The second kappa shape index (κ2) is 8.10. The van der Waals surface area contributed by atoms with E-state index in [4.69, 9.17) is 9.47 Å². The number of ether oxygens (including phenoxy) is 2. The number of amides is 1. The third-order valence-corrected chi connectivity index (χ3v) is 5.79. The summed E-state index contributed by atoms with van der Waals surface area (Å²) in [6, 6.07) is 10.7. The first kappa shape index (κ1) is 20.0. The SMILES string of the molecule is Cc1ccc(NC(=O)CCCN(c2ccc3c(c2)OCO3)S(C)(=O)=O)cc1C. The molecule has 3 rings (SSSR count). The van der Waals surface area contributed by atoms with Crippen molar-refractivity contribution in [2.45, 2.75) is 26.7 Å². The predicted octanol–water partition coefficient (Wildman–Crippen LogP) is 3.22. The molecule has 0 spiro atoms. The first-order valence-corrected chi connectivity index (χ1v) is 10.8. The van der Waals surface area contributed by atoms with E-state index in [9.17, 15) is 13.2 Å². The van der Waals surface area contributed by atoms with Gasteiger partial charge in [0.05, 0.1) is 11.9 Å². The molecule has 1 aliphatic rings. The van der Waals surface area contributed by atoms with Gasteiger partial charge in [-0.15, -0.1) is 0 Å². The Morgan fingerprint density at radius 2 is 1.82 bits per heavy atom. The maximum absolute atomic E-state index is 12.2. The van der Waals surface area contributed by atoms with Gasteiger partial charge in [-0.1, -0.05) is 6.07 Å². The number of aryl methyl sites for hydroxylation is 2. The molecule has 0 saturated carbocycles. The van der Waals surface area contributed by atoms with Crippen LogP contribution in [0.5, 0.6) is 11.5 Å². The minimum absolute atomic E-state index is 0.121. The molecule has 28 heavy (non-hydrogen) atoms. The number of benzene rings is 2. The smallest absolute Gasteiger partial charge is 0.232 e. The molecule has 2 aromatic carbocycles. The summed E-state index contributed by atoms with van der Waals surface area (Å²) < 4.78 is 36.3. The summed E-state index contributed by atoms with van der Waals surface area (Å²) in [5, 5.41) is 2.85. The number of carbonyl (C=O) groups is 1. The van der Waals surface area contributed by atoms with Crippen LogP contribution in [0.15, 0.2) is 36.4 Å². The van der Waals surface area contributed by atoms with Crippen LogP contribution in [0.2, 0.25) is 0 Å². The van der Waals surface area contributed by atoms with Crippen molar-refractivity contribution in [3.05, 3.63) is 47.5 Å². The molecular weight excluding hydrogens is 380 g/mol. The number of hydrogen-bond donors (Lipinski definition) is 1. The van der Waals surface area contributed by atoms with E-state index in [0.717, 1.165) is 23.1 Å². The summed E-state index contributed by atoms with van der Waals surface area (Å²) in [5.74, 6) is 0.950. The number of rotatable bonds is 7. The largest absolute Gasteiger partial charge is 0.454 e. The van der Waals surface area contributed by atoms with Crippen molar-refractivity contribution in [1.82, 2.24) is 0 Å². The van der Waals surface area contributed by atoms with Gasteiger partial charge in [0, 0.05) is 24.7 Å². The number of fused-ring (bicyclic) bond motifs is 1. The Hall–Kier alpha value is -2.74. The number of nitrogens with one attached hydrogen (secondary N) is 1. The topological polar surface area (TPSA) is 84.9 Å². The Morgan fingerprint density at radius 3 is 2.54 bits per heavy atom. The quantitative estimate of drug-likeness (QED) is 0.766. The molecule has 1 aliphatic heterocycles. The number of hydrogen-bond acceptors (Lipinski definition) is 5. The molecule has 1 N–H and O–H groups in total. The highest BCUT2D eigenvalue weighted by molar-refractivity contribution is 7.92. The molecule has 0 atom stereocenters. The van der Waals surface area contributed by atoms with Crippen molar-refractivity contribution in [2.24, 2.45) is 0 Å². The Morgan fingerprint density at radius 1 is 1.07 bits per heavy atom. The molecule has 0 saturated heterocycles. The van der Waals surface area contributed by atoms with Crippen LogP contribution in [0.1, 0.15) is 24.0 Å². The number of nitrogens with zero attached hydrogens (tertiary/aromatic N) is 1. The summed E-state index contributed by atoms with van der Waals surface area (Å²) in [7, 11) is -3.50. The summed E-state index contributed by atoms with van der Waals surface area (Å²) in [4.78, 5) is 12.2. The van der Waals surface area contributed by atoms with E-state index in [1.807, 2.05) is 32.0 Å². The Kier molecular flexibility index (Phi) is 5.79. The lowest BCUT2D eigenvalue weighted by atomic mass is 10.1. The zero-order valence-corrected chi connectivity index (χ0v) is 17.0. The molecule has 0 aliphatic carbocycles. The normalized spacial score (nSPS) is 12.7. The highest BCUT2D eigenvalue weighted by Crippen LogP contribution is 2.36. The standard InChI is InChI=1S/C20H24N2O5S/c1-14-6-7-16(11-15(14)2)21-20(23)5-4-10-22(28(3,24)25)17-8-9-18-19(12-17)27-13-26-18/h6-9,11-12H,4-5,10,13H2,1-3H3,(H,21,23). The fraction of sp³-hybridized carbons (Fsp3) is 0.350. The van der Waals surface area contributed by atoms with Gasteiger partial charge in [0.25, 0.3) is 0 Å². The summed E-state index contributed by atoms with van der Waals surface area (Å²) in [5.41, 5.74) is 3.49. The van der Waals surface area contributed by atoms with Gasteiger partial charge in [-0.25, -0.2) is 8.42 Å². The van der Waals surface area contributed by atoms with Crippen LogP contribution >= 0.6 is 0 Å². The summed E-state index contributed by atoms with van der Waals surface area (Å²) in [6.45, 7) is 4.31. The lowest BCUT2D eigenvalue weighted by Gasteiger charge is -2.22. The average molecular weight is 404 g/mol. The lowest BCUT2D eigenvalue weighted by molar-refractivity contribution is -0.116. The Balaban J connectivity index is 1.61.